The number of halogens is 3. The van der Waals surface area contributed by atoms with Crippen LogP contribution in [-0.2, 0) is 6.18 Å². The summed E-state index contributed by atoms with van der Waals surface area (Å²) in [6.45, 7) is 0. The lowest BCUT2D eigenvalue weighted by Gasteiger charge is -2.05. The van der Waals surface area contributed by atoms with E-state index >= 15 is 0 Å². The zero-order valence-corrected chi connectivity index (χ0v) is 12.1. The van der Waals surface area contributed by atoms with Crippen molar-refractivity contribution in [3.63, 3.8) is 0 Å². The molecule has 25 heavy (non-hydrogen) atoms. The largest absolute Gasteiger partial charge is 0.416 e. The monoisotopic (exact) mass is 355 g/mol. The van der Waals surface area contributed by atoms with Crippen LogP contribution in [0.4, 0.5) is 24.5 Å². The van der Waals surface area contributed by atoms with Crippen molar-refractivity contribution < 1.29 is 27.9 Å². The van der Waals surface area contributed by atoms with E-state index in [4.69, 9.17) is 4.84 Å². The second kappa shape index (κ2) is 6.95. The zero-order chi connectivity index (χ0) is 18.6. The van der Waals surface area contributed by atoms with Crippen LogP contribution in [-0.4, -0.2) is 16.1 Å². The quantitative estimate of drug-likeness (QED) is 0.459. The van der Waals surface area contributed by atoms with Gasteiger partial charge in [0.25, 0.3) is 5.69 Å². The maximum absolute atomic E-state index is 12.4. The van der Waals surface area contributed by atoms with E-state index in [-0.39, 0.29) is 11.3 Å². The molecule has 0 aromatic heterocycles. The van der Waals surface area contributed by atoms with E-state index in [1.54, 1.807) is 0 Å². The number of nitro benzene ring substituents is 2. The van der Waals surface area contributed by atoms with Crippen molar-refractivity contribution in [3.05, 3.63) is 73.8 Å². The molecule has 11 heteroatoms. The molecule has 0 amide bonds. The van der Waals surface area contributed by atoms with E-state index in [0.717, 1.165) is 42.6 Å². The number of rotatable bonds is 5. The van der Waals surface area contributed by atoms with Crippen LogP contribution in [0.1, 0.15) is 11.1 Å². The third kappa shape index (κ3) is 4.50. The van der Waals surface area contributed by atoms with Gasteiger partial charge < -0.3 is 4.84 Å². The van der Waals surface area contributed by atoms with Crippen molar-refractivity contribution in [1.29, 1.82) is 0 Å². The highest BCUT2D eigenvalue weighted by molar-refractivity contribution is 5.79. The van der Waals surface area contributed by atoms with Gasteiger partial charge in [0.05, 0.1) is 27.7 Å². The van der Waals surface area contributed by atoms with Crippen molar-refractivity contribution in [2.24, 2.45) is 5.16 Å². The van der Waals surface area contributed by atoms with E-state index in [0.29, 0.717) is 6.07 Å². The Kier molecular flexibility index (Phi) is 4.96. The van der Waals surface area contributed by atoms with Gasteiger partial charge in [0, 0.05) is 6.07 Å². The van der Waals surface area contributed by atoms with E-state index in [1.165, 1.54) is 0 Å². The van der Waals surface area contributed by atoms with Crippen LogP contribution in [0.25, 0.3) is 0 Å². The Hall–Kier alpha value is -3.50. The fraction of sp³-hybridized carbons (Fsp3) is 0.0714. The number of nitrogens with zero attached hydrogens (tertiary/aromatic N) is 3. The summed E-state index contributed by atoms with van der Waals surface area (Å²) in [7, 11) is 0. The average molecular weight is 355 g/mol. The van der Waals surface area contributed by atoms with Crippen molar-refractivity contribution >= 4 is 17.6 Å². The second-order valence-corrected chi connectivity index (χ2v) is 4.61. The van der Waals surface area contributed by atoms with E-state index < -0.39 is 33.0 Å². The summed E-state index contributed by atoms with van der Waals surface area (Å²) in [4.78, 5) is 24.7. The number of hydrogen-bond acceptors (Lipinski definition) is 6. The number of hydrogen-bond donors (Lipinski definition) is 0. The summed E-state index contributed by atoms with van der Waals surface area (Å²) in [5.41, 5.74) is -1.74. The Morgan fingerprint density at radius 3 is 2.16 bits per heavy atom. The molecule has 0 radical (unpaired) electrons. The van der Waals surface area contributed by atoms with Gasteiger partial charge in [-0.15, -0.1) is 0 Å². The molecule has 0 saturated heterocycles. The number of benzene rings is 2. The van der Waals surface area contributed by atoms with E-state index in [9.17, 15) is 33.4 Å². The van der Waals surface area contributed by atoms with Gasteiger partial charge >= 0.3 is 11.9 Å². The lowest BCUT2D eigenvalue weighted by molar-refractivity contribution is -0.394. The molecule has 0 aliphatic heterocycles. The summed E-state index contributed by atoms with van der Waals surface area (Å²) in [6, 6.07) is 6.67. The highest BCUT2D eigenvalue weighted by Crippen LogP contribution is 2.31. The van der Waals surface area contributed by atoms with Gasteiger partial charge in [-0.25, -0.2) is 0 Å². The molecule has 2 aromatic rings. The van der Waals surface area contributed by atoms with Gasteiger partial charge in [-0.3, -0.25) is 20.2 Å². The number of nitro groups is 2. The third-order valence-electron chi connectivity index (χ3n) is 2.94. The Balaban J connectivity index is 2.16. The predicted octanol–water partition coefficient (Wildman–Crippen LogP) is 3.93. The SMILES string of the molecule is O=[N+]([O-])c1ccc(O/N=C\c2ccc(C(F)(F)F)cc2)c([N+](=O)[O-])c1. The Morgan fingerprint density at radius 2 is 1.64 bits per heavy atom. The van der Waals surface area contributed by atoms with Crippen LogP contribution in [0, 0.1) is 20.2 Å². The molecule has 130 valence electrons. The lowest BCUT2D eigenvalue weighted by Crippen LogP contribution is -2.04. The Bertz CT molecular complexity index is 835. The summed E-state index contributed by atoms with van der Waals surface area (Å²) in [5.74, 6) is -0.348. The molecule has 0 aliphatic rings. The zero-order valence-electron chi connectivity index (χ0n) is 12.1. The molecule has 0 N–H and O–H groups in total. The number of alkyl halides is 3. The number of non-ortho nitro benzene ring substituents is 1. The summed E-state index contributed by atoms with van der Waals surface area (Å²) in [5, 5.41) is 25.0. The Morgan fingerprint density at radius 1 is 1.00 bits per heavy atom. The van der Waals surface area contributed by atoms with Crippen LogP contribution in [0.15, 0.2) is 47.6 Å². The van der Waals surface area contributed by atoms with Crippen molar-refractivity contribution in [3.8, 4) is 5.75 Å². The molecule has 0 atom stereocenters. The van der Waals surface area contributed by atoms with E-state index in [2.05, 4.69) is 5.16 Å². The van der Waals surface area contributed by atoms with Crippen LogP contribution in [0.3, 0.4) is 0 Å². The first kappa shape index (κ1) is 17.8. The minimum atomic E-state index is -4.47. The third-order valence-corrected chi connectivity index (χ3v) is 2.94. The maximum atomic E-state index is 12.4. The molecule has 0 unspecified atom stereocenters. The second-order valence-electron chi connectivity index (χ2n) is 4.61. The maximum Gasteiger partial charge on any atom is 0.416 e. The van der Waals surface area contributed by atoms with Gasteiger partial charge in [0.1, 0.15) is 0 Å². The molecule has 2 rings (SSSR count). The minimum Gasteiger partial charge on any atom is -0.350 e. The molecule has 0 heterocycles. The highest BCUT2D eigenvalue weighted by atomic mass is 19.4. The molecule has 0 aliphatic carbocycles. The summed E-state index contributed by atoms with van der Waals surface area (Å²) >= 11 is 0. The molecule has 0 spiro atoms. The first-order valence-electron chi connectivity index (χ1n) is 6.49. The smallest absolute Gasteiger partial charge is 0.350 e. The first-order valence-corrected chi connectivity index (χ1v) is 6.49. The molecule has 0 saturated carbocycles. The lowest BCUT2D eigenvalue weighted by atomic mass is 10.1. The van der Waals surface area contributed by atoms with Gasteiger partial charge in [-0.2, -0.15) is 13.2 Å². The summed E-state index contributed by atoms with van der Waals surface area (Å²) in [6.07, 6.45) is -3.42. The highest BCUT2D eigenvalue weighted by Gasteiger charge is 2.29. The fourth-order valence-electron chi connectivity index (χ4n) is 1.74. The van der Waals surface area contributed by atoms with Gasteiger partial charge in [-0.05, 0) is 23.8 Å². The standard InChI is InChI=1S/C14H8F3N3O5/c15-14(16,17)10-3-1-9(2-4-10)8-18-25-13-6-5-11(19(21)22)7-12(13)20(23)24/h1-8H/b18-8-. The normalized spacial score (nSPS) is 11.5. The molecule has 0 bridgehead atoms. The fourth-order valence-corrected chi connectivity index (χ4v) is 1.74. The molecular formula is C14H8F3N3O5. The van der Waals surface area contributed by atoms with Crippen molar-refractivity contribution in [1.82, 2.24) is 0 Å². The topological polar surface area (TPSA) is 108 Å². The molecular weight excluding hydrogens is 347 g/mol. The van der Waals surface area contributed by atoms with Crippen LogP contribution >= 0.6 is 0 Å². The van der Waals surface area contributed by atoms with Crippen LogP contribution in [0.5, 0.6) is 5.75 Å². The van der Waals surface area contributed by atoms with Crippen LogP contribution in [0.2, 0.25) is 0 Å². The van der Waals surface area contributed by atoms with E-state index in [1.807, 2.05) is 0 Å². The van der Waals surface area contributed by atoms with Crippen molar-refractivity contribution in [2.45, 2.75) is 6.18 Å². The number of oxime groups is 1. The van der Waals surface area contributed by atoms with Gasteiger partial charge in [-0.1, -0.05) is 17.3 Å². The molecule has 8 nitrogen and oxygen atoms in total. The first-order chi connectivity index (χ1) is 11.7. The van der Waals surface area contributed by atoms with Crippen LogP contribution < -0.4 is 4.84 Å². The Labute approximate surface area is 137 Å². The van der Waals surface area contributed by atoms with Gasteiger partial charge in [0.2, 0.25) is 5.75 Å². The average Bonchev–Trinajstić information content (AvgIpc) is 2.54. The predicted molar refractivity (Wildman–Crippen MR) is 79.4 cm³/mol. The van der Waals surface area contributed by atoms with Crippen molar-refractivity contribution in [2.75, 3.05) is 0 Å². The molecule has 2 aromatic carbocycles. The summed E-state index contributed by atoms with van der Waals surface area (Å²) < 4.78 is 37.3. The van der Waals surface area contributed by atoms with Gasteiger partial charge in [0.15, 0.2) is 0 Å². The molecule has 0 fully saturated rings. The minimum absolute atomic E-state index is 0.262.